The fraction of sp³-hybridized carbons (Fsp3) is 0.625. The molecule has 0 spiro atoms. The van der Waals surface area contributed by atoms with Gasteiger partial charge in [-0.2, -0.15) is 0 Å². The smallest absolute Gasteiger partial charge is 0.128 e. The lowest BCUT2D eigenvalue weighted by Crippen LogP contribution is -2.28. The summed E-state index contributed by atoms with van der Waals surface area (Å²) in [7, 11) is 0. The summed E-state index contributed by atoms with van der Waals surface area (Å²) in [6, 6.07) is 4.35. The molecule has 3 heteroatoms. The van der Waals surface area contributed by atoms with Gasteiger partial charge in [0, 0.05) is 11.6 Å². The van der Waals surface area contributed by atoms with Gasteiger partial charge >= 0.3 is 0 Å². The first kappa shape index (κ1) is 14.3. The summed E-state index contributed by atoms with van der Waals surface area (Å²) in [6.07, 6.45) is 2.71. The van der Waals surface area contributed by atoms with Crippen molar-refractivity contribution in [3.8, 4) is 5.75 Å². The predicted molar refractivity (Wildman–Crippen MR) is 73.6 cm³/mol. The third-order valence-corrected chi connectivity index (χ3v) is 3.85. The van der Waals surface area contributed by atoms with Crippen LogP contribution < -0.4 is 4.74 Å². The molecular formula is C16H23FO2. The van der Waals surface area contributed by atoms with Crippen molar-refractivity contribution in [2.75, 3.05) is 0 Å². The molecule has 0 radical (unpaired) electrons. The van der Waals surface area contributed by atoms with Crippen LogP contribution in [0.1, 0.15) is 51.7 Å². The van der Waals surface area contributed by atoms with E-state index in [-0.39, 0.29) is 11.9 Å². The zero-order chi connectivity index (χ0) is 14.0. The first-order valence-electron chi connectivity index (χ1n) is 7.10. The van der Waals surface area contributed by atoms with Gasteiger partial charge < -0.3 is 9.84 Å². The van der Waals surface area contributed by atoms with Crippen LogP contribution in [0.25, 0.3) is 0 Å². The number of rotatable bonds is 3. The normalized spacial score (nSPS) is 29.0. The van der Waals surface area contributed by atoms with Crippen LogP contribution in [0.3, 0.4) is 0 Å². The molecule has 2 unspecified atom stereocenters. The third kappa shape index (κ3) is 3.69. The molecule has 2 nitrogen and oxygen atoms in total. The Labute approximate surface area is 114 Å². The Morgan fingerprint density at radius 3 is 2.42 bits per heavy atom. The molecule has 1 N–H and O–H groups in total. The van der Waals surface area contributed by atoms with E-state index in [4.69, 9.17) is 4.74 Å². The van der Waals surface area contributed by atoms with E-state index in [1.165, 1.54) is 18.6 Å². The maximum Gasteiger partial charge on any atom is 0.128 e. The van der Waals surface area contributed by atoms with Crippen molar-refractivity contribution in [1.29, 1.82) is 0 Å². The van der Waals surface area contributed by atoms with E-state index in [1.54, 1.807) is 13.0 Å². The van der Waals surface area contributed by atoms with Crippen molar-refractivity contribution < 1.29 is 14.2 Å². The van der Waals surface area contributed by atoms with Crippen LogP contribution in [0.2, 0.25) is 0 Å². The summed E-state index contributed by atoms with van der Waals surface area (Å²) in [6.45, 7) is 6.13. The summed E-state index contributed by atoms with van der Waals surface area (Å²) in [5, 5.41) is 9.73. The maximum atomic E-state index is 13.4. The molecule has 2 rings (SSSR count). The van der Waals surface area contributed by atoms with Crippen LogP contribution in [0.5, 0.6) is 5.75 Å². The van der Waals surface area contributed by atoms with Crippen LogP contribution in [0.4, 0.5) is 4.39 Å². The lowest BCUT2D eigenvalue weighted by Gasteiger charge is -2.32. The minimum Gasteiger partial charge on any atom is -0.490 e. The van der Waals surface area contributed by atoms with Crippen molar-refractivity contribution in [1.82, 2.24) is 0 Å². The summed E-state index contributed by atoms with van der Waals surface area (Å²) in [4.78, 5) is 0. The topological polar surface area (TPSA) is 29.5 Å². The van der Waals surface area contributed by atoms with E-state index in [1.807, 2.05) is 0 Å². The minimum atomic E-state index is -0.644. The molecule has 0 aliphatic heterocycles. The van der Waals surface area contributed by atoms with Crippen molar-refractivity contribution in [2.45, 2.75) is 52.2 Å². The van der Waals surface area contributed by atoms with Gasteiger partial charge in [0.2, 0.25) is 0 Å². The highest BCUT2D eigenvalue weighted by molar-refractivity contribution is 5.35. The average molecular weight is 266 g/mol. The Morgan fingerprint density at radius 2 is 1.84 bits per heavy atom. The zero-order valence-electron chi connectivity index (χ0n) is 11.9. The second-order valence-corrected chi connectivity index (χ2v) is 6.02. The van der Waals surface area contributed by atoms with Gasteiger partial charge in [0.05, 0.1) is 12.2 Å². The molecule has 19 heavy (non-hydrogen) atoms. The van der Waals surface area contributed by atoms with Gasteiger partial charge in [-0.05, 0) is 50.2 Å². The molecular weight excluding hydrogens is 243 g/mol. The fourth-order valence-corrected chi connectivity index (χ4v) is 3.10. The Balaban J connectivity index is 2.15. The maximum absolute atomic E-state index is 13.4. The third-order valence-electron chi connectivity index (χ3n) is 3.85. The molecule has 0 amide bonds. The van der Waals surface area contributed by atoms with Gasteiger partial charge in [0.1, 0.15) is 11.6 Å². The molecule has 1 aromatic carbocycles. The number of aliphatic hydroxyl groups excluding tert-OH is 1. The molecule has 1 fully saturated rings. The van der Waals surface area contributed by atoms with Crippen LogP contribution in [-0.2, 0) is 0 Å². The zero-order valence-corrected chi connectivity index (χ0v) is 11.9. The van der Waals surface area contributed by atoms with Crippen molar-refractivity contribution >= 4 is 0 Å². The lowest BCUT2D eigenvalue weighted by molar-refractivity contribution is 0.0956. The highest BCUT2D eigenvalue weighted by Crippen LogP contribution is 2.34. The van der Waals surface area contributed by atoms with E-state index in [0.29, 0.717) is 23.1 Å². The molecule has 1 aliphatic carbocycles. The van der Waals surface area contributed by atoms with E-state index in [0.717, 1.165) is 12.8 Å². The second-order valence-electron chi connectivity index (χ2n) is 6.02. The molecule has 1 aromatic rings. The van der Waals surface area contributed by atoms with E-state index in [9.17, 15) is 9.50 Å². The lowest BCUT2D eigenvalue weighted by atomic mass is 9.82. The van der Waals surface area contributed by atoms with Gasteiger partial charge in [-0.15, -0.1) is 0 Å². The molecule has 0 heterocycles. The van der Waals surface area contributed by atoms with Crippen molar-refractivity contribution in [3.05, 3.63) is 29.6 Å². The highest BCUT2D eigenvalue weighted by Gasteiger charge is 2.26. The molecule has 1 saturated carbocycles. The van der Waals surface area contributed by atoms with Crippen LogP contribution >= 0.6 is 0 Å². The Kier molecular flexibility index (Phi) is 4.46. The minimum absolute atomic E-state index is 0.123. The number of benzene rings is 1. The van der Waals surface area contributed by atoms with Gasteiger partial charge in [-0.1, -0.05) is 13.8 Å². The number of hydrogen-bond acceptors (Lipinski definition) is 2. The van der Waals surface area contributed by atoms with Crippen LogP contribution in [-0.4, -0.2) is 11.2 Å². The average Bonchev–Trinajstić information content (AvgIpc) is 2.26. The quantitative estimate of drug-likeness (QED) is 0.893. The van der Waals surface area contributed by atoms with Gasteiger partial charge in [-0.25, -0.2) is 4.39 Å². The summed E-state index contributed by atoms with van der Waals surface area (Å²) in [5.41, 5.74) is 0.660. The first-order chi connectivity index (χ1) is 8.95. The van der Waals surface area contributed by atoms with Crippen molar-refractivity contribution in [2.24, 2.45) is 11.8 Å². The van der Waals surface area contributed by atoms with Crippen LogP contribution in [0.15, 0.2) is 18.2 Å². The van der Waals surface area contributed by atoms with Crippen LogP contribution in [0, 0.1) is 17.7 Å². The Hall–Kier alpha value is -1.09. The van der Waals surface area contributed by atoms with Gasteiger partial charge in [0.15, 0.2) is 0 Å². The SMILES string of the molecule is CC1CC(C)CC(Oc2cc(F)ccc2[C@H](C)O)C1. The Morgan fingerprint density at radius 1 is 1.21 bits per heavy atom. The van der Waals surface area contributed by atoms with Gasteiger partial charge in [0.25, 0.3) is 0 Å². The number of ether oxygens (including phenoxy) is 1. The summed E-state index contributed by atoms with van der Waals surface area (Å²) < 4.78 is 19.3. The molecule has 3 atom stereocenters. The molecule has 0 bridgehead atoms. The van der Waals surface area contributed by atoms with Crippen molar-refractivity contribution in [3.63, 3.8) is 0 Å². The summed E-state index contributed by atoms with van der Waals surface area (Å²) in [5.74, 6) is 1.44. The monoisotopic (exact) mass is 266 g/mol. The number of hydrogen-bond donors (Lipinski definition) is 1. The molecule has 1 aliphatic rings. The largest absolute Gasteiger partial charge is 0.490 e. The molecule has 106 valence electrons. The van der Waals surface area contributed by atoms with E-state index >= 15 is 0 Å². The number of aliphatic hydroxyl groups is 1. The second kappa shape index (κ2) is 5.91. The van der Waals surface area contributed by atoms with Gasteiger partial charge in [-0.3, -0.25) is 0 Å². The first-order valence-corrected chi connectivity index (χ1v) is 7.10. The highest BCUT2D eigenvalue weighted by atomic mass is 19.1. The molecule has 0 saturated heterocycles. The fourth-order valence-electron chi connectivity index (χ4n) is 3.10. The Bertz CT molecular complexity index is 421. The predicted octanol–water partition coefficient (Wildman–Crippen LogP) is 4.08. The van der Waals surface area contributed by atoms with E-state index in [2.05, 4.69) is 13.8 Å². The number of halogens is 1. The van der Waals surface area contributed by atoms with E-state index < -0.39 is 6.10 Å². The summed E-state index contributed by atoms with van der Waals surface area (Å²) >= 11 is 0. The standard InChI is InChI=1S/C16H23FO2/c1-10-6-11(2)8-14(7-10)19-16-9-13(17)4-5-15(16)12(3)18/h4-5,9-12,14,18H,6-8H2,1-3H3/t10?,11?,12-,14?/m0/s1. The molecule has 0 aromatic heterocycles.